The van der Waals surface area contributed by atoms with Gasteiger partial charge in [-0.15, -0.1) is 0 Å². The van der Waals surface area contributed by atoms with E-state index in [1.807, 2.05) is 31.3 Å². The number of halogens is 2. The van der Waals surface area contributed by atoms with Crippen LogP contribution in [0.3, 0.4) is 0 Å². The summed E-state index contributed by atoms with van der Waals surface area (Å²) in [4.78, 5) is 7.28. The normalized spacial score (nSPS) is 10.4. The Morgan fingerprint density at radius 3 is 2.94 bits per heavy atom. The molecule has 0 saturated heterocycles. The molecule has 0 aliphatic rings. The molecular formula is C11H11BrClN3. The van der Waals surface area contributed by atoms with E-state index in [4.69, 9.17) is 11.6 Å². The Morgan fingerprint density at radius 1 is 1.50 bits per heavy atom. The molecule has 2 rings (SSSR count). The first-order chi connectivity index (χ1) is 7.65. The number of aromatic nitrogens is 2. The first-order valence-electron chi connectivity index (χ1n) is 4.84. The fourth-order valence-electron chi connectivity index (χ4n) is 1.38. The molecule has 3 nitrogen and oxygen atoms in total. The van der Waals surface area contributed by atoms with Crippen LogP contribution in [0, 0.1) is 6.92 Å². The number of imidazole rings is 1. The number of aromatic amines is 1. The predicted molar refractivity (Wildman–Crippen MR) is 69.8 cm³/mol. The molecule has 0 unspecified atom stereocenters. The molecular weight excluding hydrogens is 289 g/mol. The number of nitrogens with zero attached hydrogens (tertiary/aromatic N) is 1. The highest BCUT2D eigenvalue weighted by atomic mass is 79.9. The highest BCUT2D eigenvalue weighted by molar-refractivity contribution is 9.10. The summed E-state index contributed by atoms with van der Waals surface area (Å²) < 4.78 is 0.973. The van der Waals surface area contributed by atoms with E-state index in [0.29, 0.717) is 11.6 Å². The summed E-state index contributed by atoms with van der Waals surface area (Å²) in [6.07, 6.45) is 1.81. The van der Waals surface area contributed by atoms with Crippen LogP contribution in [0.5, 0.6) is 0 Å². The Bertz CT molecular complexity index is 496. The maximum atomic E-state index is 6.08. The van der Waals surface area contributed by atoms with Gasteiger partial charge in [-0.1, -0.05) is 27.5 Å². The lowest BCUT2D eigenvalue weighted by molar-refractivity contribution is 1.05. The van der Waals surface area contributed by atoms with Crippen molar-refractivity contribution in [1.82, 2.24) is 9.97 Å². The van der Waals surface area contributed by atoms with Crippen molar-refractivity contribution >= 4 is 33.2 Å². The Morgan fingerprint density at radius 2 is 2.31 bits per heavy atom. The minimum atomic E-state index is 0.683. The van der Waals surface area contributed by atoms with E-state index in [1.165, 1.54) is 0 Å². The summed E-state index contributed by atoms with van der Waals surface area (Å²) in [7, 11) is 0. The molecule has 1 aromatic heterocycles. The molecule has 16 heavy (non-hydrogen) atoms. The van der Waals surface area contributed by atoms with E-state index in [9.17, 15) is 0 Å². The van der Waals surface area contributed by atoms with Gasteiger partial charge in [0, 0.05) is 4.47 Å². The summed E-state index contributed by atoms with van der Waals surface area (Å²) >= 11 is 9.45. The molecule has 2 aromatic rings. The molecule has 0 saturated carbocycles. The molecule has 5 heteroatoms. The molecule has 0 aliphatic carbocycles. The Kier molecular flexibility index (Phi) is 3.51. The van der Waals surface area contributed by atoms with Crippen molar-refractivity contribution in [3.8, 4) is 0 Å². The number of benzene rings is 1. The van der Waals surface area contributed by atoms with Crippen molar-refractivity contribution in [2.24, 2.45) is 0 Å². The van der Waals surface area contributed by atoms with Gasteiger partial charge in [-0.25, -0.2) is 4.98 Å². The number of aryl methyl sites for hydroxylation is 1. The number of hydrogen-bond acceptors (Lipinski definition) is 2. The van der Waals surface area contributed by atoms with Gasteiger partial charge >= 0.3 is 0 Å². The van der Waals surface area contributed by atoms with Gasteiger partial charge in [-0.2, -0.15) is 0 Å². The second-order valence-electron chi connectivity index (χ2n) is 3.47. The summed E-state index contributed by atoms with van der Waals surface area (Å²) in [5.41, 5.74) is 1.95. The van der Waals surface area contributed by atoms with Crippen LogP contribution in [0.25, 0.3) is 0 Å². The third-order valence-corrected chi connectivity index (χ3v) is 2.96. The smallest absolute Gasteiger partial charge is 0.103 e. The Balaban J connectivity index is 2.04. The van der Waals surface area contributed by atoms with Crippen LogP contribution in [0.4, 0.5) is 5.69 Å². The molecule has 0 spiro atoms. The van der Waals surface area contributed by atoms with Gasteiger partial charge in [0.25, 0.3) is 0 Å². The molecule has 0 atom stereocenters. The molecule has 1 heterocycles. The summed E-state index contributed by atoms with van der Waals surface area (Å²) in [5.74, 6) is 0.915. The number of H-pyrrole nitrogens is 1. The zero-order valence-corrected chi connectivity index (χ0v) is 11.1. The van der Waals surface area contributed by atoms with E-state index in [0.717, 1.165) is 21.7 Å². The highest BCUT2D eigenvalue weighted by Crippen LogP contribution is 2.25. The second-order valence-corrected chi connectivity index (χ2v) is 4.79. The Labute approximate surface area is 107 Å². The standard InChI is InChI=1S/C11H11BrClN3/c1-7-14-5-9(16-7)6-15-11-3-2-8(12)4-10(11)13/h2-5,15H,6H2,1H3,(H,14,16). The van der Waals surface area contributed by atoms with E-state index in [1.54, 1.807) is 0 Å². The zero-order valence-electron chi connectivity index (χ0n) is 8.72. The molecule has 0 aliphatic heterocycles. The first-order valence-corrected chi connectivity index (χ1v) is 6.01. The zero-order chi connectivity index (χ0) is 11.5. The predicted octanol–water partition coefficient (Wildman–Crippen LogP) is 3.75. The first kappa shape index (κ1) is 11.5. The SMILES string of the molecule is Cc1ncc(CNc2ccc(Br)cc2Cl)[nH]1. The number of anilines is 1. The van der Waals surface area contributed by atoms with Crippen molar-refractivity contribution in [1.29, 1.82) is 0 Å². The second kappa shape index (κ2) is 4.89. The fourth-order valence-corrected chi connectivity index (χ4v) is 2.13. The monoisotopic (exact) mass is 299 g/mol. The largest absolute Gasteiger partial charge is 0.378 e. The summed E-state index contributed by atoms with van der Waals surface area (Å²) in [6, 6.07) is 5.75. The van der Waals surface area contributed by atoms with Crippen molar-refractivity contribution in [3.63, 3.8) is 0 Å². The van der Waals surface area contributed by atoms with Gasteiger partial charge in [0.15, 0.2) is 0 Å². The van der Waals surface area contributed by atoms with Gasteiger partial charge in [0.1, 0.15) is 5.82 Å². The third-order valence-electron chi connectivity index (χ3n) is 2.16. The van der Waals surface area contributed by atoms with Crippen LogP contribution >= 0.6 is 27.5 Å². The van der Waals surface area contributed by atoms with Crippen LogP contribution in [0.2, 0.25) is 5.02 Å². The molecule has 84 valence electrons. The van der Waals surface area contributed by atoms with Gasteiger partial charge in [0.05, 0.1) is 29.1 Å². The highest BCUT2D eigenvalue weighted by Gasteiger charge is 2.01. The summed E-state index contributed by atoms with van der Waals surface area (Å²) in [6.45, 7) is 2.61. The maximum Gasteiger partial charge on any atom is 0.103 e. The molecule has 0 amide bonds. The van der Waals surface area contributed by atoms with Crippen LogP contribution < -0.4 is 5.32 Å². The topological polar surface area (TPSA) is 40.7 Å². The third kappa shape index (κ3) is 2.77. The fraction of sp³-hybridized carbons (Fsp3) is 0.182. The number of hydrogen-bond donors (Lipinski definition) is 2. The van der Waals surface area contributed by atoms with E-state index in [-0.39, 0.29) is 0 Å². The van der Waals surface area contributed by atoms with Crippen molar-refractivity contribution in [2.45, 2.75) is 13.5 Å². The molecule has 0 bridgehead atoms. The maximum absolute atomic E-state index is 6.08. The van der Waals surface area contributed by atoms with Crippen LogP contribution in [-0.2, 0) is 6.54 Å². The van der Waals surface area contributed by atoms with Crippen LogP contribution in [0.1, 0.15) is 11.5 Å². The average Bonchev–Trinajstić information content (AvgIpc) is 2.63. The summed E-state index contributed by atoms with van der Waals surface area (Å²) in [5, 5.41) is 3.95. The quantitative estimate of drug-likeness (QED) is 0.906. The van der Waals surface area contributed by atoms with Gasteiger partial charge in [-0.05, 0) is 25.1 Å². The lowest BCUT2D eigenvalue weighted by Gasteiger charge is -2.07. The minimum Gasteiger partial charge on any atom is -0.378 e. The van der Waals surface area contributed by atoms with Crippen LogP contribution in [0.15, 0.2) is 28.9 Å². The van der Waals surface area contributed by atoms with Crippen molar-refractivity contribution < 1.29 is 0 Å². The van der Waals surface area contributed by atoms with Gasteiger partial charge < -0.3 is 10.3 Å². The van der Waals surface area contributed by atoms with E-state index in [2.05, 4.69) is 31.2 Å². The average molecular weight is 301 g/mol. The van der Waals surface area contributed by atoms with Gasteiger partial charge in [-0.3, -0.25) is 0 Å². The number of nitrogens with one attached hydrogen (secondary N) is 2. The molecule has 1 aromatic carbocycles. The molecule has 2 N–H and O–H groups in total. The minimum absolute atomic E-state index is 0.683. The van der Waals surface area contributed by atoms with Gasteiger partial charge in [0.2, 0.25) is 0 Å². The molecule has 0 fully saturated rings. The molecule has 0 radical (unpaired) electrons. The lowest BCUT2D eigenvalue weighted by atomic mass is 10.3. The van der Waals surface area contributed by atoms with E-state index < -0.39 is 0 Å². The Hall–Kier alpha value is -1.00. The lowest BCUT2D eigenvalue weighted by Crippen LogP contribution is -2.00. The van der Waals surface area contributed by atoms with Crippen molar-refractivity contribution in [3.05, 3.63) is 45.4 Å². The van der Waals surface area contributed by atoms with E-state index >= 15 is 0 Å². The van der Waals surface area contributed by atoms with Crippen molar-refractivity contribution in [2.75, 3.05) is 5.32 Å². The van der Waals surface area contributed by atoms with Crippen LogP contribution in [-0.4, -0.2) is 9.97 Å². The number of rotatable bonds is 3.